The number of nitrogens with zero attached hydrogens (tertiary/aromatic N) is 1. The van der Waals surface area contributed by atoms with Crippen molar-refractivity contribution in [2.24, 2.45) is 11.8 Å². The van der Waals surface area contributed by atoms with E-state index in [1.165, 1.54) is 17.2 Å². The second kappa shape index (κ2) is 7.73. The summed E-state index contributed by atoms with van der Waals surface area (Å²) < 4.78 is 29.4. The van der Waals surface area contributed by atoms with Crippen LogP contribution >= 0.6 is 34.2 Å². The van der Waals surface area contributed by atoms with Crippen LogP contribution in [0.25, 0.3) is 0 Å². The molecule has 0 heterocycles. The Balaban J connectivity index is 1.95. The van der Waals surface area contributed by atoms with Gasteiger partial charge in [-0.15, -0.1) is 0 Å². The third-order valence-corrected chi connectivity index (χ3v) is 5.30. The van der Waals surface area contributed by atoms with Crippen LogP contribution in [-0.2, 0) is 4.84 Å². The van der Waals surface area contributed by atoms with E-state index < -0.39 is 11.6 Å². The predicted molar refractivity (Wildman–Crippen MR) is 102 cm³/mol. The van der Waals surface area contributed by atoms with Crippen LogP contribution in [0, 0.1) is 34.0 Å². The largest absolute Gasteiger partial charge is 0.396 e. The van der Waals surface area contributed by atoms with E-state index in [4.69, 9.17) is 21.5 Å². The minimum atomic E-state index is -1.10. The van der Waals surface area contributed by atoms with Crippen molar-refractivity contribution in [3.63, 3.8) is 0 Å². The zero-order valence-corrected chi connectivity index (χ0v) is 16.4. The Kier molecular flexibility index (Phi) is 5.82. The molecule has 2 aromatic rings. The van der Waals surface area contributed by atoms with E-state index in [1.54, 1.807) is 6.07 Å². The van der Waals surface area contributed by atoms with Crippen LogP contribution in [0.4, 0.5) is 20.2 Å². The number of benzene rings is 2. The number of aliphatic hydroxyl groups excluding tert-OH is 1. The molecule has 1 N–H and O–H groups in total. The fraction of sp³-hybridized carbons (Fsp3) is 0.333. The van der Waals surface area contributed by atoms with E-state index in [-0.39, 0.29) is 29.2 Å². The van der Waals surface area contributed by atoms with Crippen LogP contribution in [0.5, 0.6) is 0 Å². The molecule has 0 spiro atoms. The van der Waals surface area contributed by atoms with Crippen LogP contribution in [0.15, 0.2) is 30.3 Å². The van der Waals surface area contributed by atoms with Gasteiger partial charge in [0.15, 0.2) is 11.6 Å². The molecule has 134 valence electrons. The molecule has 1 fully saturated rings. The van der Waals surface area contributed by atoms with Gasteiger partial charge in [0.05, 0.1) is 17.3 Å². The highest BCUT2D eigenvalue weighted by Crippen LogP contribution is 2.40. The van der Waals surface area contributed by atoms with E-state index in [0.29, 0.717) is 12.3 Å². The highest BCUT2D eigenvalue weighted by Gasteiger charge is 2.37. The highest BCUT2D eigenvalue weighted by atomic mass is 127. The molecule has 0 saturated heterocycles. The molecule has 1 saturated carbocycles. The van der Waals surface area contributed by atoms with Crippen molar-refractivity contribution in [2.45, 2.75) is 13.3 Å². The van der Waals surface area contributed by atoms with E-state index in [0.717, 1.165) is 15.6 Å². The standard InChI is InChI=1S/C18H17ClF2INO2/c1-10-6-13(22)2-4-15(10)23(25-9-12-7-11(12)8-24)16-5-3-14(19)17(20)18(16)21/h2-6,11-12,24H,7-9H2,1H3. The maximum atomic E-state index is 14.5. The van der Waals surface area contributed by atoms with Crippen LogP contribution in [0.3, 0.4) is 0 Å². The SMILES string of the molecule is Cc1cc(I)ccc1N(OCC1CC1CO)c1ccc(Cl)c(F)c1F. The van der Waals surface area contributed by atoms with Gasteiger partial charge in [-0.05, 0) is 83.7 Å². The summed E-state index contributed by atoms with van der Waals surface area (Å²) in [5.41, 5.74) is 1.46. The summed E-state index contributed by atoms with van der Waals surface area (Å²) in [4.78, 5) is 5.84. The lowest BCUT2D eigenvalue weighted by molar-refractivity contribution is 0.116. The lowest BCUT2D eigenvalue weighted by Crippen LogP contribution is -2.22. The Bertz CT molecular complexity index is 790. The predicted octanol–water partition coefficient (Wildman–Crippen LogP) is 5.23. The molecule has 0 bridgehead atoms. The smallest absolute Gasteiger partial charge is 0.186 e. The van der Waals surface area contributed by atoms with Crippen LogP contribution in [0.2, 0.25) is 5.02 Å². The fourth-order valence-corrected chi connectivity index (χ4v) is 3.49. The van der Waals surface area contributed by atoms with Crippen molar-refractivity contribution in [1.29, 1.82) is 0 Å². The molecule has 0 radical (unpaired) electrons. The molecule has 0 aliphatic heterocycles. The first-order chi connectivity index (χ1) is 11.9. The molecule has 0 aromatic heterocycles. The van der Waals surface area contributed by atoms with Gasteiger partial charge in [0.2, 0.25) is 0 Å². The normalized spacial score (nSPS) is 19.1. The summed E-state index contributed by atoms with van der Waals surface area (Å²) in [6.07, 6.45) is 0.869. The first-order valence-electron chi connectivity index (χ1n) is 7.86. The zero-order valence-electron chi connectivity index (χ0n) is 13.5. The number of aliphatic hydroxyl groups is 1. The third-order valence-electron chi connectivity index (χ3n) is 4.33. The van der Waals surface area contributed by atoms with E-state index >= 15 is 0 Å². The first-order valence-corrected chi connectivity index (χ1v) is 9.31. The monoisotopic (exact) mass is 479 g/mol. The van der Waals surface area contributed by atoms with Crippen molar-refractivity contribution in [3.8, 4) is 0 Å². The zero-order chi connectivity index (χ0) is 18.1. The molecule has 1 aliphatic rings. The van der Waals surface area contributed by atoms with Crippen molar-refractivity contribution < 1.29 is 18.7 Å². The van der Waals surface area contributed by atoms with Gasteiger partial charge >= 0.3 is 0 Å². The maximum absolute atomic E-state index is 14.5. The van der Waals surface area contributed by atoms with Crippen molar-refractivity contribution in [3.05, 3.63) is 56.1 Å². The number of hydrogen-bond donors (Lipinski definition) is 1. The number of hydrogen-bond acceptors (Lipinski definition) is 3. The summed E-state index contributed by atoms with van der Waals surface area (Å²) >= 11 is 7.85. The van der Waals surface area contributed by atoms with Gasteiger partial charge in [-0.1, -0.05) is 11.6 Å². The lowest BCUT2D eigenvalue weighted by atomic mass is 10.2. The number of aryl methyl sites for hydroxylation is 1. The van der Waals surface area contributed by atoms with Crippen LogP contribution in [0.1, 0.15) is 12.0 Å². The Morgan fingerprint density at radius 2 is 1.92 bits per heavy atom. The average molecular weight is 480 g/mol. The lowest BCUT2D eigenvalue weighted by Gasteiger charge is -2.26. The van der Waals surface area contributed by atoms with Gasteiger partial charge in [0.25, 0.3) is 0 Å². The Labute approximate surface area is 163 Å². The van der Waals surface area contributed by atoms with Gasteiger partial charge in [-0.3, -0.25) is 4.84 Å². The molecule has 3 nitrogen and oxygen atoms in total. The molecule has 2 atom stereocenters. The van der Waals surface area contributed by atoms with Gasteiger partial charge < -0.3 is 5.11 Å². The van der Waals surface area contributed by atoms with Crippen LogP contribution in [-0.4, -0.2) is 18.3 Å². The fourth-order valence-electron chi connectivity index (χ4n) is 2.70. The number of rotatable bonds is 6. The second-order valence-corrected chi connectivity index (χ2v) is 7.81. The highest BCUT2D eigenvalue weighted by molar-refractivity contribution is 14.1. The minimum Gasteiger partial charge on any atom is -0.396 e. The van der Waals surface area contributed by atoms with Gasteiger partial charge in [0.1, 0.15) is 5.69 Å². The van der Waals surface area contributed by atoms with Crippen LogP contribution < -0.4 is 5.06 Å². The number of halogens is 4. The van der Waals surface area contributed by atoms with E-state index in [9.17, 15) is 8.78 Å². The Morgan fingerprint density at radius 1 is 1.20 bits per heavy atom. The maximum Gasteiger partial charge on any atom is 0.186 e. The summed E-state index contributed by atoms with van der Waals surface area (Å²) in [6, 6.07) is 8.32. The molecule has 1 aliphatic carbocycles. The topological polar surface area (TPSA) is 32.7 Å². The molecular weight excluding hydrogens is 463 g/mol. The average Bonchev–Trinajstić information content (AvgIpc) is 3.34. The Hall–Kier alpha value is -0.960. The molecule has 0 amide bonds. The second-order valence-electron chi connectivity index (χ2n) is 6.15. The summed E-state index contributed by atoms with van der Waals surface area (Å²) in [7, 11) is 0. The van der Waals surface area contributed by atoms with E-state index in [1.807, 2.05) is 19.1 Å². The van der Waals surface area contributed by atoms with Gasteiger partial charge in [-0.2, -0.15) is 0 Å². The molecule has 25 heavy (non-hydrogen) atoms. The molecular formula is C18H17ClF2INO2. The molecule has 7 heteroatoms. The van der Waals surface area contributed by atoms with Crippen molar-refractivity contribution >= 4 is 45.6 Å². The summed E-state index contributed by atoms with van der Waals surface area (Å²) in [5.74, 6) is -1.72. The minimum absolute atomic E-state index is 0.0348. The van der Waals surface area contributed by atoms with Gasteiger partial charge in [0, 0.05) is 10.2 Å². The quantitative estimate of drug-likeness (QED) is 0.350. The first kappa shape index (κ1) is 18.8. The molecule has 2 unspecified atom stereocenters. The third kappa shape index (κ3) is 4.07. The molecule has 2 aromatic carbocycles. The molecule has 3 rings (SSSR count). The van der Waals surface area contributed by atoms with Crippen molar-refractivity contribution in [1.82, 2.24) is 0 Å². The summed E-state index contributed by atoms with van der Waals surface area (Å²) in [5, 5.41) is 10.2. The Morgan fingerprint density at radius 3 is 2.56 bits per heavy atom. The van der Waals surface area contributed by atoms with Gasteiger partial charge in [-0.25, -0.2) is 13.8 Å². The summed E-state index contributed by atoms with van der Waals surface area (Å²) in [6.45, 7) is 2.31. The number of anilines is 2. The van der Waals surface area contributed by atoms with Crippen molar-refractivity contribution in [2.75, 3.05) is 18.3 Å². The van der Waals surface area contributed by atoms with E-state index in [2.05, 4.69) is 22.6 Å².